The van der Waals surface area contributed by atoms with Crippen molar-refractivity contribution in [1.82, 2.24) is 19.2 Å². The number of thiocarbonyl (C=S) groups is 1. The lowest BCUT2D eigenvalue weighted by molar-refractivity contribution is 0.209. The van der Waals surface area contributed by atoms with Crippen LogP contribution in [0.25, 0.3) is 0 Å². The average Bonchev–Trinajstić information content (AvgIpc) is 2.76. The molecule has 106 valence electrons. The number of hydrogen-bond acceptors (Lipinski definition) is 5. The first-order chi connectivity index (χ1) is 8.89. The summed E-state index contributed by atoms with van der Waals surface area (Å²) in [6.45, 7) is 4.38. The number of sulfonamides is 1. The van der Waals surface area contributed by atoms with Gasteiger partial charge in [0.2, 0.25) is 0 Å². The Morgan fingerprint density at radius 3 is 2.58 bits per heavy atom. The number of aryl methyl sites for hydroxylation is 1. The van der Waals surface area contributed by atoms with Gasteiger partial charge in [-0.3, -0.25) is 4.90 Å². The van der Waals surface area contributed by atoms with E-state index in [0.29, 0.717) is 43.5 Å². The fourth-order valence-electron chi connectivity index (χ4n) is 2.02. The third kappa shape index (κ3) is 3.30. The molecule has 19 heavy (non-hydrogen) atoms. The molecule has 0 amide bonds. The Balaban J connectivity index is 2.03. The summed E-state index contributed by atoms with van der Waals surface area (Å²) in [7, 11) is -3.47. The van der Waals surface area contributed by atoms with Gasteiger partial charge in [-0.25, -0.2) is 13.4 Å². The number of aromatic nitrogens is 2. The van der Waals surface area contributed by atoms with Crippen molar-refractivity contribution in [2.75, 3.05) is 32.7 Å². The van der Waals surface area contributed by atoms with E-state index in [1.54, 1.807) is 6.92 Å². The second-order valence-electron chi connectivity index (χ2n) is 4.48. The highest BCUT2D eigenvalue weighted by Crippen LogP contribution is 2.15. The quantitative estimate of drug-likeness (QED) is 0.715. The minimum absolute atomic E-state index is 0.146. The molecule has 9 heteroatoms. The second-order valence-corrected chi connectivity index (χ2v) is 6.91. The monoisotopic (exact) mass is 303 g/mol. The summed E-state index contributed by atoms with van der Waals surface area (Å²) < 4.78 is 26.1. The number of imidazole rings is 1. The van der Waals surface area contributed by atoms with Gasteiger partial charge in [-0.2, -0.15) is 4.31 Å². The first kappa shape index (κ1) is 14.4. The molecular formula is C10H17N5O2S2. The van der Waals surface area contributed by atoms with E-state index in [1.807, 2.05) is 4.90 Å². The zero-order valence-corrected chi connectivity index (χ0v) is 12.3. The molecule has 0 atom stereocenters. The van der Waals surface area contributed by atoms with Crippen LogP contribution in [0.4, 0.5) is 0 Å². The molecule has 2 rings (SSSR count). The van der Waals surface area contributed by atoms with Crippen LogP contribution in [0, 0.1) is 6.92 Å². The van der Waals surface area contributed by atoms with Crippen molar-refractivity contribution in [3.63, 3.8) is 0 Å². The lowest BCUT2D eigenvalue weighted by atomic mass is 10.3. The third-order valence-corrected chi connectivity index (χ3v) is 4.95. The molecule has 1 fully saturated rings. The molecule has 1 aromatic rings. The predicted octanol–water partition coefficient (Wildman–Crippen LogP) is -0.689. The molecule has 1 aliphatic heterocycles. The van der Waals surface area contributed by atoms with Crippen LogP contribution >= 0.6 is 12.2 Å². The van der Waals surface area contributed by atoms with Crippen LogP contribution in [-0.4, -0.2) is 65.3 Å². The summed E-state index contributed by atoms with van der Waals surface area (Å²) in [5.74, 6) is 0.589. The zero-order valence-electron chi connectivity index (χ0n) is 10.7. The number of aromatic amines is 1. The number of rotatable bonds is 4. The molecule has 2 heterocycles. The van der Waals surface area contributed by atoms with Crippen LogP contribution in [0.1, 0.15) is 5.82 Å². The second kappa shape index (κ2) is 5.53. The fourth-order valence-corrected chi connectivity index (χ4v) is 3.58. The maximum Gasteiger partial charge on any atom is 0.260 e. The molecular weight excluding hydrogens is 286 g/mol. The Bertz CT molecular complexity index is 560. The highest BCUT2D eigenvalue weighted by atomic mass is 32.2. The minimum atomic E-state index is -3.47. The van der Waals surface area contributed by atoms with Crippen molar-refractivity contribution in [1.29, 1.82) is 0 Å². The predicted molar refractivity (Wildman–Crippen MR) is 75.3 cm³/mol. The van der Waals surface area contributed by atoms with Crippen molar-refractivity contribution in [2.45, 2.75) is 11.9 Å². The van der Waals surface area contributed by atoms with Gasteiger partial charge < -0.3 is 10.7 Å². The number of H-pyrrole nitrogens is 1. The maximum atomic E-state index is 12.3. The number of nitrogens with zero attached hydrogens (tertiary/aromatic N) is 3. The smallest absolute Gasteiger partial charge is 0.260 e. The molecule has 0 spiro atoms. The molecule has 0 bridgehead atoms. The summed E-state index contributed by atoms with van der Waals surface area (Å²) in [5.41, 5.74) is 5.48. The van der Waals surface area contributed by atoms with Gasteiger partial charge in [-0.05, 0) is 6.92 Å². The first-order valence-electron chi connectivity index (χ1n) is 5.92. The van der Waals surface area contributed by atoms with Crippen molar-refractivity contribution >= 4 is 27.2 Å². The normalized spacial score (nSPS) is 18.6. The lowest BCUT2D eigenvalue weighted by Gasteiger charge is -2.33. The first-order valence-corrected chi connectivity index (χ1v) is 7.77. The third-order valence-electron chi connectivity index (χ3n) is 3.01. The minimum Gasteiger partial charge on any atom is -0.392 e. The van der Waals surface area contributed by atoms with E-state index in [2.05, 4.69) is 9.97 Å². The Morgan fingerprint density at radius 1 is 1.47 bits per heavy atom. The number of nitrogens with two attached hydrogens (primary N) is 1. The van der Waals surface area contributed by atoms with Crippen molar-refractivity contribution in [2.24, 2.45) is 5.73 Å². The van der Waals surface area contributed by atoms with Crippen LogP contribution in [0.3, 0.4) is 0 Å². The van der Waals surface area contributed by atoms with Gasteiger partial charge in [0.15, 0.2) is 5.03 Å². The van der Waals surface area contributed by atoms with E-state index in [9.17, 15) is 8.42 Å². The van der Waals surface area contributed by atoms with Crippen molar-refractivity contribution in [3.05, 3.63) is 12.0 Å². The molecule has 1 aromatic heterocycles. The van der Waals surface area contributed by atoms with Crippen molar-refractivity contribution in [3.8, 4) is 0 Å². The Labute approximate surface area is 117 Å². The summed E-state index contributed by atoms with van der Waals surface area (Å²) in [6, 6.07) is 0. The summed E-state index contributed by atoms with van der Waals surface area (Å²) in [6.07, 6.45) is 1.35. The van der Waals surface area contributed by atoms with Crippen LogP contribution in [0.5, 0.6) is 0 Å². The number of piperazine rings is 1. The number of nitrogens with one attached hydrogen (secondary N) is 1. The van der Waals surface area contributed by atoms with E-state index in [4.69, 9.17) is 18.0 Å². The van der Waals surface area contributed by atoms with E-state index >= 15 is 0 Å². The largest absolute Gasteiger partial charge is 0.392 e. The van der Waals surface area contributed by atoms with Gasteiger partial charge >= 0.3 is 0 Å². The van der Waals surface area contributed by atoms with E-state index in [-0.39, 0.29) is 5.03 Å². The molecule has 1 saturated heterocycles. The van der Waals surface area contributed by atoms with Gasteiger partial charge in [0, 0.05) is 32.7 Å². The fraction of sp³-hybridized carbons (Fsp3) is 0.600. The molecule has 0 unspecified atom stereocenters. The van der Waals surface area contributed by atoms with Gasteiger partial charge in [-0.1, -0.05) is 12.2 Å². The highest BCUT2D eigenvalue weighted by Gasteiger charge is 2.29. The summed E-state index contributed by atoms with van der Waals surface area (Å²) in [5, 5.41) is 0.146. The Hall–Kier alpha value is -1.03. The van der Waals surface area contributed by atoms with Crippen LogP contribution < -0.4 is 5.73 Å². The molecule has 0 aliphatic carbocycles. The Kier molecular flexibility index (Phi) is 4.19. The van der Waals surface area contributed by atoms with E-state index in [0.717, 1.165) is 0 Å². The molecule has 3 N–H and O–H groups in total. The van der Waals surface area contributed by atoms with Gasteiger partial charge in [0.25, 0.3) is 10.0 Å². The van der Waals surface area contributed by atoms with Gasteiger partial charge in [0.1, 0.15) is 5.82 Å². The van der Waals surface area contributed by atoms with E-state index in [1.165, 1.54) is 10.5 Å². The molecule has 0 aromatic carbocycles. The van der Waals surface area contributed by atoms with Crippen molar-refractivity contribution < 1.29 is 8.42 Å². The molecule has 7 nitrogen and oxygen atoms in total. The SMILES string of the molecule is Cc1ncc(S(=O)(=O)N2CCN(CC(N)=S)CC2)[nH]1. The van der Waals surface area contributed by atoms with Gasteiger partial charge in [-0.15, -0.1) is 0 Å². The van der Waals surface area contributed by atoms with Crippen LogP contribution in [0.2, 0.25) is 0 Å². The standard InChI is InChI=1S/C10H17N5O2S2/c1-8-12-6-10(13-8)19(16,17)15-4-2-14(3-5-15)7-9(11)18/h6H,2-5,7H2,1H3,(H2,11,18)(H,12,13). The lowest BCUT2D eigenvalue weighted by Crippen LogP contribution is -2.50. The highest BCUT2D eigenvalue weighted by molar-refractivity contribution is 7.89. The molecule has 0 saturated carbocycles. The Morgan fingerprint density at radius 2 is 2.11 bits per heavy atom. The summed E-state index contributed by atoms with van der Waals surface area (Å²) in [4.78, 5) is 9.17. The van der Waals surface area contributed by atoms with Crippen LogP contribution in [-0.2, 0) is 10.0 Å². The molecule has 1 aliphatic rings. The zero-order chi connectivity index (χ0) is 14.0. The number of hydrogen-bond donors (Lipinski definition) is 2. The van der Waals surface area contributed by atoms with E-state index < -0.39 is 10.0 Å². The van der Waals surface area contributed by atoms with Crippen LogP contribution in [0.15, 0.2) is 11.2 Å². The molecule has 0 radical (unpaired) electrons. The maximum absolute atomic E-state index is 12.3. The summed E-state index contributed by atoms with van der Waals surface area (Å²) >= 11 is 4.85. The average molecular weight is 303 g/mol. The van der Waals surface area contributed by atoms with Gasteiger partial charge in [0.05, 0.1) is 11.2 Å². The topological polar surface area (TPSA) is 95.3 Å².